The average molecular weight is 310 g/mol. The minimum Gasteiger partial charge on any atom is -0.336 e. The summed E-state index contributed by atoms with van der Waals surface area (Å²) in [7, 11) is 0. The fourth-order valence-electron chi connectivity index (χ4n) is 1.97. The van der Waals surface area contributed by atoms with Crippen molar-refractivity contribution in [3.8, 4) is 0 Å². The number of hydrogen-bond acceptors (Lipinski definition) is 2. The van der Waals surface area contributed by atoms with Crippen molar-refractivity contribution in [2.24, 2.45) is 5.73 Å². The lowest BCUT2D eigenvalue weighted by Gasteiger charge is -2.20. The minimum absolute atomic E-state index is 0. The highest BCUT2D eigenvalue weighted by Gasteiger charge is 2.31. The monoisotopic (exact) mass is 309 g/mol. The first-order chi connectivity index (χ1) is 8.88. The van der Waals surface area contributed by atoms with Crippen molar-refractivity contribution in [2.75, 3.05) is 19.6 Å². The van der Waals surface area contributed by atoms with Gasteiger partial charge < -0.3 is 16.0 Å². The van der Waals surface area contributed by atoms with Gasteiger partial charge >= 0.3 is 12.2 Å². The van der Waals surface area contributed by atoms with Gasteiger partial charge in [-0.2, -0.15) is 13.2 Å². The van der Waals surface area contributed by atoms with Gasteiger partial charge in [0.2, 0.25) is 0 Å². The number of hydrogen-bond donors (Lipinski definition) is 2. The lowest BCUT2D eigenvalue weighted by Crippen LogP contribution is -2.34. The third kappa shape index (κ3) is 3.77. The molecule has 8 heteroatoms. The standard InChI is InChI=1S/C12H14F3N3O.ClH/c13-12(14,15)9-3-1-2-8(6-9)10(16)7-18-5-4-17-11(18)19;/h1-3,6,10H,4-5,7,16H2,(H,17,19);1H. The molecule has 1 aliphatic heterocycles. The summed E-state index contributed by atoms with van der Waals surface area (Å²) in [5.74, 6) is 0. The lowest BCUT2D eigenvalue weighted by atomic mass is 10.0. The number of nitrogens with two attached hydrogens (primary N) is 1. The average Bonchev–Trinajstić information content (AvgIpc) is 2.74. The molecule has 0 aliphatic carbocycles. The minimum atomic E-state index is -4.39. The zero-order valence-electron chi connectivity index (χ0n) is 10.5. The Labute approximate surface area is 120 Å². The van der Waals surface area contributed by atoms with Gasteiger partial charge in [0.25, 0.3) is 0 Å². The molecule has 1 heterocycles. The predicted molar refractivity (Wildman–Crippen MR) is 70.6 cm³/mol. The van der Waals surface area contributed by atoms with E-state index in [1.807, 2.05) is 0 Å². The predicted octanol–water partition coefficient (Wildman–Crippen LogP) is 2.15. The van der Waals surface area contributed by atoms with Crippen LogP contribution in [0, 0.1) is 0 Å². The second-order valence-electron chi connectivity index (χ2n) is 4.41. The van der Waals surface area contributed by atoms with E-state index in [4.69, 9.17) is 5.73 Å². The molecule has 2 amide bonds. The van der Waals surface area contributed by atoms with Gasteiger partial charge in [-0.3, -0.25) is 0 Å². The van der Waals surface area contributed by atoms with Gasteiger partial charge in [0.1, 0.15) is 0 Å². The summed E-state index contributed by atoms with van der Waals surface area (Å²) >= 11 is 0. The van der Waals surface area contributed by atoms with Gasteiger partial charge in [0, 0.05) is 25.7 Å². The van der Waals surface area contributed by atoms with Crippen LogP contribution in [0.4, 0.5) is 18.0 Å². The van der Waals surface area contributed by atoms with E-state index in [1.165, 1.54) is 17.0 Å². The number of carbonyl (C=O) groups is 1. The van der Waals surface area contributed by atoms with Gasteiger partial charge in [-0.1, -0.05) is 12.1 Å². The van der Waals surface area contributed by atoms with E-state index in [-0.39, 0.29) is 25.0 Å². The second kappa shape index (κ2) is 6.32. The van der Waals surface area contributed by atoms with Crippen LogP contribution in [0.1, 0.15) is 17.2 Å². The summed E-state index contributed by atoms with van der Waals surface area (Å²) in [4.78, 5) is 12.8. The van der Waals surface area contributed by atoms with Gasteiger partial charge in [-0.15, -0.1) is 12.4 Å². The zero-order valence-corrected chi connectivity index (χ0v) is 11.3. The molecule has 0 bridgehead atoms. The van der Waals surface area contributed by atoms with E-state index in [0.717, 1.165) is 12.1 Å². The third-order valence-corrected chi connectivity index (χ3v) is 3.00. The molecule has 1 aromatic rings. The maximum atomic E-state index is 12.6. The third-order valence-electron chi connectivity index (χ3n) is 3.00. The maximum absolute atomic E-state index is 12.6. The van der Waals surface area contributed by atoms with Crippen molar-refractivity contribution in [3.05, 3.63) is 35.4 Å². The molecule has 1 unspecified atom stereocenters. The molecule has 1 aromatic carbocycles. The molecule has 2 rings (SSSR count). The Morgan fingerprint density at radius 2 is 2.10 bits per heavy atom. The van der Waals surface area contributed by atoms with Crippen LogP contribution in [0.5, 0.6) is 0 Å². The Bertz CT molecular complexity index is 481. The van der Waals surface area contributed by atoms with E-state index in [2.05, 4.69) is 5.32 Å². The quantitative estimate of drug-likeness (QED) is 0.899. The highest BCUT2D eigenvalue weighted by Crippen LogP contribution is 2.30. The van der Waals surface area contributed by atoms with Crippen LogP contribution >= 0.6 is 12.4 Å². The van der Waals surface area contributed by atoms with Gasteiger partial charge in [0.15, 0.2) is 0 Å². The molecule has 0 saturated carbocycles. The van der Waals surface area contributed by atoms with E-state index >= 15 is 0 Å². The van der Waals surface area contributed by atoms with Crippen LogP contribution in [-0.4, -0.2) is 30.6 Å². The Morgan fingerprint density at radius 3 is 2.65 bits per heavy atom. The number of nitrogens with zero attached hydrogens (tertiary/aromatic N) is 1. The summed E-state index contributed by atoms with van der Waals surface area (Å²) in [5, 5.41) is 2.61. The molecule has 3 N–H and O–H groups in total. The molecule has 0 spiro atoms. The van der Waals surface area contributed by atoms with Crippen LogP contribution in [0.3, 0.4) is 0 Å². The fraction of sp³-hybridized carbons (Fsp3) is 0.417. The number of benzene rings is 1. The number of amides is 2. The van der Waals surface area contributed by atoms with Crippen molar-refractivity contribution in [1.82, 2.24) is 10.2 Å². The first kappa shape index (κ1) is 16.6. The summed E-state index contributed by atoms with van der Waals surface area (Å²) in [5.41, 5.74) is 5.50. The number of alkyl halides is 3. The summed E-state index contributed by atoms with van der Waals surface area (Å²) in [6.07, 6.45) is -4.39. The van der Waals surface area contributed by atoms with Gasteiger partial charge in [-0.05, 0) is 17.7 Å². The van der Waals surface area contributed by atoms with E-state index < -0.39 is 17.8 Å². The molecule has 0 aromatic heterocycles. The molecular formula is C12H15ClF3N3O. The Balaban J connectivity index is 0.00000200. The molecule has 4 nitrogen and oxygen atoms in total. The molecule has 112 valence electrons. The SMILES string of the molecule is Cl.NC(CN1CCNC1=O)c1cccc(C(F)(F)F)c1. The number of nitrogens with one attached hydrogen (secondary N) is 1. The van der Waals surface area contributed by atoms with Gasteiger partial charge in [-0.25, -0.2) is 4.79 Å². The van der Waals surface area contributed by atoms with Crippen LogP contribution in [0.2, 0.25) is 0 Å². The summed E-state index contributed by atoms with van der Waals surface area (Å²) in [6.45, 7) is 1.26. The number of urea groups is 1. The molecule has 1 fully saturated rings. The van der Waals surface area contributed by atoms with Crippen molar-refractivity contribution >= 4 is 18.4 Å². The smallest absolute Gasteiger partial charge is 0.336 e. The number of carbonyl (C=O) groups excluding carboxylic acids is 1. The fourth-order valence-corrected chi connectivity index (χ4v) is 1.97. The Kier molecular flexibility index (Phi) is 5.24. The normalized spacial score (nSPS) is 16.6. The van der Waals surface area contributed by atoms with E-state index in [0.29, 0.717) is 18.7 Å². The Morgan fingerprint density at radius 1 is 1.40 bits per heavy atom. The molecule has 20 heavy (non-hydrogen) atoms. The van der Waals surface area contributed by atoms with Crippen LogP contribution in [-0.2, 0) is 6.18 Å². The molecule has 1 aliphatic rings. The second-order valence-corrected chi connectivity index (χ2v) is 4.41. The molecule has 0 radical (unpaired) electrons. The van der Waals surface area contributed by atoms with Crippen molar-refractivity contribution in [3.63, 3.8) is 0 Å². The first-order valence-corrected chi connectivity index (χ1v) is 5.83. The van der Waals surface area contributed by atoms with Crippen LogP contribution in [0.15, 0.2) is 24.3 Å². The first-order valence-electron chi connectivity index (χ1n) is 5.83. The highest BCUT2D eigenvalue weighted by atomic mass is 35.5. The van der Waals surface area contributed by atoms with Crippen molar-refractivity contribution in [2.45, 2.75) is 12.2 Å². The largest absolute Gasteiger partial charge is 0.416 e. The number of halogens is 4. The van der Waals surface area contributed by atoms with Crippen molar-refractivity contribution < 1.29 is 18.0 Å². The van der Waals surface area contributed by atoms with Crippen LogP contribution in [0.25, 0.3) is 0 Å². The summed E-state index contributed by atoms with van der Waals surface area (Å²) < 4.78 is 37.7. The van der Waals surface area contributed by atoms with Crippen molar-refractivity contribution in [1.29, 1.82) is 0 Å². The lowest BCUT2D eigenvalue weighted by molar-refractivity contribution is -0.137. The Hall–Kier alpha value is -1.47. The zero-order chi connectivity index (χ0) is 14.0. The maximum Gasteiger partial charge on any atom is 0.416 e. The molecular weight excluding hydrogens is 295 g/mol. The van der Waals surface area contributed by atoms with E-state index in [1.54, 1.807) is 0 Å². The number of rotatable bonds is 3. The van der Waals surface area contributed by atoms with Gasteiger partial charge in [0.05, 0.1) is 5.56 Å². The highest BCUT2D eigenvalue weighted by molar-refractivity contribution is 5.85. The molecule has 1 atom stereocenters. The topological polar surface area (TPSA) is 58.4 Å². The molecule has 1 saturated heterocycles. The van der Waals surface area contributed by atoms with Crippen LogP contribution < -0.4 is 11.1 Å². The summed E-state index contributed by atoms with van der Waals surface area (Å²) in [6, 6.07) is 4.02. The van der Waals surface area contributed by atoms with E-state index in [9.17, 15) is 18.0 Å².